The summed E-state index contributed by atoms with van der Waals surface area (Å²) >= 11 is 0. The molecular weight excluding hydrogens is 220 g/mol. The van der Waals surface area contributed by atoms with E-state index in [-0.39, 0.29) is 0 Å². The highest BCUT2D eigenvalue weighted by atomic mass is 16.5. The molecular formula is C11H14N4O2. The van der Waals surface area contributed by atoms with E-state index >= 15 is 0 Å². The molecule has 0 saturated carbocycles. The molecule has 0 radical (unpaired) electrons. The highest BCUT2D eigenvalue weighted by Crippen LogP contribution is 2.18. The molecule has 0 aromatic carbocycles. The van der Waals surface area contributed by atoms with Crippen LogP contribution in [-0.4, -0.2) is 32.0 Å². The summed E-state index contributed by atoms with van der Waals surface area (Å²) in [5.41, 5.74) is 1.50. The minimum atomic E-state index is -0.684. The van der Waals surface area contributed by atoms with Gasteiger partial charge in [-0.1, -0.05) is 0 Å². The molecule has 0 aliphatic rings. The van der Waals surface area contributed by atoms with Gasteiger partial charge in [-0.2, -0.15) is 5.10 Å². The number of aliphatic hydroxyl groups is 1. The molecule has 6 nitrogen and oxygen atoms in total. The van der Waals surface area contributed by atoms with Gasteiger partial charge < -0.3 is 9.84 Å². The van der Waals surface area contributed by atoms with Crippen LogP contribution in [0.3, 0.4) is 0 Å². The third-order valence-corrected chi connectivity index (χ3v) is 2.40. The fourth-order valence-electron chi connectivity index (χ4n) is 1.55. The normalized spacial score (nSPS) is 12.4. The molecule has 2 aromatic heterocycles. The van der Waals surface area contributed by atoms with Gasteiger partial charge in [0.2, 0.25) is 5.88 Å². The summed E-state index contributed by atoms with van der Waals surface area (Å²) in [5.74, 6) is 0.445. The van der Waals surface area contributed by atoms with Gasteiger partial charge in [0.15, 0.2) is 0 Å². The lowest BCUT2D eigenvalue weighted by atomic mass is 10.1. The van der Waals surface area contributed by atoms with Crippen molar-refractivity contribution >= 4 is 0 Å². The Morgan fingerprint density at radius 1 is 1.47 bits per heavy atom. The maximum Gasteiger partial charge on any atom is 0.216 e. The molecule has 6 heteroatoms. The predicted octanol–water partition coefficient (Wildman–Crippen LogP) is 0.495. The molecule has 2 rings (SSSR count). The van der Waals surface area contributed by atoms with Crippen molar-refractivity contribution in [3.05, 3.63) is 36.0 Å². The molecule has 2 aromatic rings. The molecule has 1 unspecified atom stereocenters. The Bertz CT molecular complexity index is 498. The van der Waals surface area contributed by atoms with Crippen LogP contribution in [0.15, 0.2) is 24.8 Å². The van der Waals surface area contributed by atoms with Crippen LogP contribution in [0.4, 0.5) is 0 Å². The van der Waals surface area contributed by atoms with Crippen LogP contribution in [0.5, 0.6) is 5.88 Å². The van der Waals surface area contributed by atoms with Gasteiger partial charge in [0.05, 0.1) is 19.0 Å². The molecule has 17 heavy (non-hydrogen) atoms. The number of hydrogen-bond donors (Lipinski definition) is 1. The highest BCUT2D eigenvalue weighted by Gasteiger charge is 2.12. The number of hydrogen-bond acceptors (Lipinski definition) is 5. The molecule has 0 spiro atoms. The largest absolute Gasteiger partial charge is 0.481 e. The SMILES string of the molecule is COc1cc(C(O)Cc2cnn(C)c2)ncn1. The Kier molecular flexibility index (Phi) is 3.34. The van der Waals surface area contributed by atoms with Crippen molar-refractivity contribution in [1.29, 1.82) is 0 Å². The monoisotopic (exact) mass is 234 g/mol. The van der Waals surface area contributed by atoms with Crippen molar-refractivity contribution in [2.24, 2.45) is 7.05 Å². The maximum atomic E-state index is 10.0. The van der Waals surface area contributed by atoms with Crippen molar-refractivity contribution in [1.82, 2.24) is 19.7 Å². The lowest BCUT2D eigenvalue weighted by Crippen LogP contribution is -2.04. The van der Waals surface area contributed by atoms with Crippen molar-refractivity contribution < 1.29 is 9.84 Å². The number of aryl methyl sites for hydroxylation is 1. The molecule has 0 fully saturated rings. The van der Waals surface area contributed by atoms with E-state index in [1.54, 1.807) is 16.9 Å². The summed E-state index contributed by atoms with van der Waals surface area (Å²) in [5, 5.41) is 14.1. The van der Waals surface area contributed by atoms with Crippen LogP contribution in [0.1, 0.15) is 17.4 Å². The fourth-order valence-corrected chi connectivity index (χ4v) is 1.55. The molecule has 1 atom stereocenters. The minimum Gasteiger partial charge on any atom is -0.481 e. The van der Waals surface area contributed by atoms with E-state index in [1.807, 2.05) is 13.2 Å². The number of rotatable bonds is 4. The number of methoxy groups -OCH3 is 1. The van der Waals surface area contributed by atoms with Crippen LogP contribution in [0.25, 0.3) is 0 Å². The highest BCUT2D eigenvalue weighted by molar-refractivity contribution is 5.17. The summed E-state index contributed by atoms with van der Waals surface area (Å²) in [6, 6.07) is 1.63. The van der Waals surface area contributed by atoms with E-state index in [9.17, 15) is 5.11 Å². The first kappa shape index (κ1) is 11.5. The zero-order valence-corrected chi connectivity index (χ0v) is 9.74. The Morgan fingerprint density at radius 3 is 2.94 bits per heavy atom. The van der Waals surface area contributed by atoms with Crippen LogP contribution >= 0.6 is 0 Å². The molecule has 90 valence electrons. The first-order valence-corrected chi connectivity index (χ1v) is 5.20. The number of aliphatic hydroxyl groups excluding tert-OH is 1. The Labute approximate surface area is 98.9 Å². The fraction of sp³-hybridized carbons (Fsp3) is 0.364. The quantitative estimate of drug-likeness (QED) is 0.833. The lowest BCUT2D eigenvalue weighted by Gasteiger charge is -2.09. The van der Waals surface area contributed by atoms with E-state index in [0.717, 1.165) is 5.56 Å². The van der Waals surface area contributed by atoms with Gasteiger partial charge in [0, 0.05) is 25.7 Å². The van der Waals surface area contributed by atoms with Gasteiger partial charge in [0.25, 0.3) is 0 Å². The van der Waals surface area contributed by atoms with Gasteiger partial charge in [-0.05, 0) is 5.56 Å². The van der Waals surface area contributed by atoms with Crippen LogP contribution in [-0.2, 0) is 13.5 Å². The zero-order valence-electron chi connectivity index (χ0n) is 9.74. The maximum absolute atomic E-state index is 10.0. The van der Waals surface area contributed by atoms with Crippen LogP contribution in [0.2, 0.25) is 0 Å². The van der Waals surface area contributed by atoms with E-state index in [0.29, 0.717) is 18.0 Å². The molecule has 0 amide bonds. The molecule has 0 saturated heterocycles. The van der Waals surface area contributed by atoms with Crippen LogP contribution in [0, 0.1) is 0 Å². The number of nitrogens with zero attached hydrogens (tertiary/aromatic N) is 4. The summed E-state index contributed by atoms with van der Waals surface area (Å²) < 4.78 is 6.68. The first-order chi connectivity index (χ1) is 8.19. The summed E-state index contributed by atoms with van der Waals surface area (Å²) in [7, 11) is 3.36. The second-order valence-corrected chi connectivity index (χ2v) is 3.73. The summed E-state index contributed by atoms with van der Waals surface area (Å²) in [6.07, 6.45) is 4.74. The summed E-state index contributed by atoms with van der Waals surface area (Å²) in [4.78, 5) is 7.91. The predicted molar refractivity (Wildman–Crippen MR) is 60.5 cm³/mol. The van der Waals surface area contributed by atoms with E-state index in [4.69, 9.17) is 4.74 Å². The van der Waals surface area contributed by atoms with Crippen molar-refractivity contribution in [3.8, 4) is 5.88 Å². The number of aromatic nitrogens is 4. The topological polar surface area (TPSA) is 73.1 Å². The standard InChI is InChI=1S/C11H14N4O2/c1-15-6-8(5-14-15)3-10(16)9-4-11(17-2)13-7-12-9/h4-7,10,16H,3H2,1-2H3. The van der Waals surface area contributed by atoms with E-state index < -0.39 is 6.10 Å². The van der Waals surface area contributed by atoms with Gasteiger partial charge >= 0.3 is 0 Å². The van der Waals surface area contributed by atoms with Gasteiger partial charge in [-0.15, -0.1) is 0 Å². The third-order valence-electron chi connectivity index (χ3n) is 2.40. The lowest BCUT2D eigenvalue weighted by molar-refractivity contribution is 0.172. The average Bonchev–Trinajstić information content (AvgIpc) is 2.75. The average molecular weight is 234 g/mol. The molecule has 2 heterocycles. The molecule has 0 aliphatic carbocycles. The van der Waals surface area contributed by atoms with Crippen molar-refractivity contribution in [2.75, 3.05) is 7.11 Å². The van der Waals surface area contributed by atoms with Crippen molar-refractivity contribution in [2.45, 2.75) is 12.5 Å². The van der Waals surface area contributed by atoms with Crippen LogP contribution < -0.4 is 4.74 Å². The van der Waals surface area contributed by atoms with Gasteiger partial charge in [0.1, 0.15) is 12.4 Å². The Morgan fingerprint density at radius 2 is 2.29 bits per heavy atom. The van der Waals surface area contributed by atoms with Gasteiger partial charge in [-0.25, -0.2) is 9.97 Å². The second kappa shape index (κ2) is 4.92. The summed E-state index contributed by atoms with van der Waals surface area (Å²) in [6.45, 7) is 0. The Hall–Kier alpha value is -1.95. The Balaban J connectivity index is 2.11. The number of ether oxygens (including phenoxy) is 1. The zero-order chi connectivity index (χ0) is 12.3. The van der Waals surface area contributed by atoms with E-state index in [2.05, 4.69) is 15.1 Å². The first-order valence-electron chi connectivity index (χ1n) is 5.20. The molecule has 1 N–H and O–H groups in total. The smallest absolute Gasteiger partial charge is 0.216 e. The second-order valence-electron chi connectivity index (χ2n) is 3.73. The third kappa shape index (κ3) is 2.79. The molecule has 0 aliphatic heterocycles. The van der Waals surface area contributed by atoms with Crippen molar-refractivity contribution in [3.63, 3.8) is 0 Å². The molecule has 0 bridgehead atoms. The minimum absolute atomic E-state index is 0.445. The van der Waals surface area contributed by atoms with Gasteiger partial charge in [-0.3, -0.25) is 4.68 Å². The van der Waals surface area contributed by atoms with E-state index in [1.165, 1.54) is 13.4 Å².